The smallest absolute Gasteiger partial charge is 0.308 e. The number of imide groups is 1. The minimum atomic E-state index is -0.948. The van der Waals surface area contributed by atoms with E-state index in [-0.39, 0.29) is 23.8 Å². The fourth-order valence-corrected chi connectivity index (χ4v) is 2.19. The van der Waals surface area contributed by atoms with Crippen LogP contribution in [0.1, 0.15) is 46.5 Å². The van der Waals surface area contributed by atoms with Crippen molar-refractivity contribution in [2.24, 2.45) is 11.3 Å². The van der Waals surface area contributed by atoms with Gasteiger partial charge in [0.05, 0.1) is 5.92 Å². The molecule has 0 aromatic heterocycles. The summed E-state index contributed by atoms with van der Waals surface area (Å²) in [5.74, 6) is -2.12. The van der Waals surface area contributed by atoms with Gasteiger partial charge in [0.25, 0.3) is 0 Å². The van der Waals surface area contributed by atoms with E-state index in [0.29, 0.717) is 25.7 Å². The third-order valence-electron chi connectivity index (χ3n) is 2.99. The molecular formula is C13H21NO4. The maximum Gasteiger partial charge on any atom is 0.308 e. The van der Waals surface area contributed by atoms with Crippen molar-refractivity contribution in [1.29, 1.82) is 0 Å². The summed E-state index contributed by atoms with van der Waals surface area (Å²) in [7, 11) is 0. The molecular weight excluding hydrogens is 234 g/mol. The van der Waals surface area contributed by atoms with Gasteiger partial charge in [0.2, 0.25) is 11.8 Å². The molecule has 0 aromatic rings. The number of likely N-dealkylation sites (tertiary alicyclic amines) is 1. The van der Waals surface area contributed by atoms with Crippen LogP contribution in [0, 0.1) is 11.3 Å². The van der Waals surface area contributed by atoms with Crippen molar-refractivity contribution in [3.63, 3.8) is 0 Å². The summed E-state index contributed by atoms with van der Waals surface area (Å²) in [5, 5.41) is 9.19. The highest BCUT2D eigenvalue weighted by Crippen LogP contribution is 2.26. The van der Waals surface area contributed by atoms with Crippen molar-refractivity contribution in [1.82, 2.24) is 4.90 Å². The van der Waals surface area contributed by atoms with Crippen LogP contribution in [0.3, 0.4) is 0 Å². The molecule has 0 aromatic carbocycles. The Bertz CT molecular complexity index is 340. The molecule has 0 saturated carbocycles. The van der Waals surface area contributed by atoms with Crippen LogP contribution in [-0.4, -0.2) is 34.3 Å². The fraction of sp³-hybridized carbons (Fsp3) is 0.769. The van der Waals surface area contributed by atoms with E-state index in [2.05, 4.69) is 0 Å². The Morgan fingerprint density at radius 3 is 2.17 bits per heavy atom. The summed E-state index contributed by atoms with van der Waals surface area (Å²) in [6.45, 7) is 5.85. The number of hydrogen-bond acceptors (Lipinski definition) is 3. The van der Waals surface area contributed by atoms with Crippen LogP contribution in [0.5, 0.6) is 0 Å². The second-order valence-electron chi connectivity index (χ2n) is 6.05. The summed E-state index contributed by atoms with van der Waals surface area (Å²) in [6, 6.07) is 0. The highest BCUT2D eigenvalue weighted by molar-refractivity contribution is 5.97. The number of carboxylic acid groups (broad SMARTS) is 1. The van der Waals surface area contributed by atoms with Crippen LogP contribution in [0.4, 0.5) is 0 Å². The van der Waals surface area contributed by atoms with Gasteiger partial charge in [-0.15, -0.1) is 0 Å². The minimum absolute atomic E-state index is 0.00424. The first-order chi connectivity index (χ1) is 8.20. The number of carboxylic acids is 1. The van der Waals surface area contributed by atoms with Crippen molar-refractivity contribution in [3.05, 3.63) is 0 Å². The molecule has 1 N–H and O–H groups in total. The van der Waals surface area contributed by atoms with Crippen LogP contribution >= 0.6 is 0 Å². The lowest BCUT2D eigenvalue weighted by Gasteiger charge is -2.30. The Labute approximate surface area is 107 Å². The monoisotopic (exact) mass is 255 g/mol. The third kappa shape index (κ3) is 4.13. The van der Waals surface area contributed by atoms with Crippen LogP contribution in [0.15, 0.2) is 0 Å². The molecule has 1 saturated heterocycles. The molecule has 5 heteroatoms. The average Bonchev–Trinajstić information content (AvgIpc) is 2.20. The Hall–Kier alpha value is -1.39. The lowest BCUT2D eigenvalue weighted by molar-refractivity contribution is -0.151. The molecule has 0 spiro atoms. The molecule has 1 aliphatic rings. The van der Waals surface area contributed by atoms with Crippen molar-refractivity contribution >= 4 is 17.8 Å². The number of hydrogen-bond donors (Lipinski definition) is 1. The van der Waals surface area contributed by atoms with Gasteiger partial charge in [-0.1, -0.05) is 20.8 Å². The SMILES string of the molecule is CC(C)(C)CC(CN1C(=O)CCCC1=O)C(=O)O. The lowest BCUT2D eigenvalue weighted by Crippen LogP contribution is -2.45. The van der Waals surface area contributed by atoms with E-state index < -0.39 is 11.9 Å². The van der Waals surface area contributed by atoms with Gasteiger partial charge in [0.1, 0.15) is 0 Å². The van der Waals surface area contributed by atoms with Crippen molar-refractivity contribution in [3.8, 4) is 0 Å². The Balaban J connectivity index is 2.73. The standard InChI is InChI=1S/C13H21NO4/c1-13(2,3)7-9(12(17)18)8-14-10(15)5-4-6-11(14)16/h9H,4-8H2,1-3H3,(H,17,18). The highest BCUT2D eigenvalue weighted by Gasteiger charge is 2.32. The number of amides is 2. The molecule has 1 fully saturated rings. The maximum atomic E-state index is 11.6. The number of piperidine rings is 1. The summed E-state index contributed by atoms with van der Waals surface area (Å²) < 4.78 is 0. The third-order valence-corrected chi connectivity index (χ3v) is 2.99. The molecule has 0 bridgehead atoms. The number of carbonyl (C=O) groups excluding carboxylic acids is 2. The quantitative estimate of drug-likeness (QED) is 0.775. The largest absolute Gasteiger partial charge is 0.481 e. The molecule has 1 unspecified atom stereocenters. The van der Waals surface area contributed by atoms with Gasteiger partial charge >= 0.3 is 5.97 Å². The van der Waals surface area contributed by atoms with Crippen LogP contribution in [0.25, 0.3) is 0 Å². The highest BCUT2D eigenvalue weighted by atomic mass is 16.4. The number of rotatable bonds is 4. The minimum Gasteiger partial charge on any atom is -0.481 e. The number of aliphatic carboxylic acids is 1. The van der Waals surface area contributed by atoms with Crippen LogP contribution < -0.4 is 0 Å². The zero-order chi connectivity index (χ0) is 13.9. The van der Waals surface area contributed by atoms with E-state index >= 15 is 0 Å². The van der Waals surface area contributed by atoms with Gasteiger partial charge in [-0.05, 0) is 18.3 Å². The van der Waals surface area contributed by atoms with E-state index in [9.17, 15) is 19.5 Å². The predicted molar refractivity (Wildman–Crippen MR) is 65.8 cm³/mol. The summed E-state index contributed by atoms with van der Waals surface area (Å²) in [5.41, 5.74) is -0.148. The predicted octanol–water partition coefficient (Wildman–Crippen LogP) is 1.66. The zero-order valence-electron chi connectivity index (χ0n) is 11.2. The lowest BCUT2D eigenvalue weighted by atomic mass is 9.84. The van der Waals surface area contributed by atoms with E-state index in [1.54, 1.807) is 0 Å². The first kappa shape index (κ1) is 14.7. The van der Waals surface area contributed by atoms with E-state index in [0.717, 1.165) is 4.90 Å². The molecule has 0 radical (unpaired) electrons. The van der Waals surface area contributed by atoms with Gasteiger partial charge in [0.15, 0.2) is 0 Å². The number of nitrogens with zero attached hydrogens (tertiary/aromatic N) is 1. The second kappa shape index (κ2) is 5.50. The molecule has 1 heterocycles. The van der Waals surface area contributed by atoms with E-state index in [1.807, 2.05) is 20.8 Å². The molecule has 1 atom stereocenters. The van der Waals surface area contributed by atoms with Crippen LogP contribution in [-0.2, 0) is 14.4 Å². The first-order valence-electron chi connectivity index (χ1n) is 6.27. The molecule has 0 aliphatic carbocycles. The maximum absolute atomic E-state index is 11.6. The topological polar surface area (TPSA) is 74.7 Å². The van der Waals surface area contributed by atoms with Gasteiger partial charge in [0, 0.05) is 19.4 Å². The van der Waals surface area contributed by atoms with Crippen molar-refractivity contribution in [2.45, 2.75) is 46.5 Å². The second-order valence-corrected chi connectivity index (χ2v) is 6.05. The van der Waals surface area contributed by atoms with E-state index in [1.165, 1.54) is 0 Å². The molecule has 2 amide bonds. The Morgan fingerprint density at radius 1 is 1.28 bits per heavy atom. The average molecular weight is 255 g/mol. The normalized spacial score (nSPS) is 18.9. The van der Waals surface area contributed by atoms with Gasteiger partial charge in [-0.25, -0.2) is 0 Å². The summed E-state index contributed by atoms with van der Waals surface area (Å²) in [4.78, 5) is 35.6. The Morgan fingerprint density at radius 2 is 1.78 bits per heavy atom. The summed E-state index contributed by atoms with van der Waals surface area (Å²) >= 11 is 0. The first-order valence-corrected chi connectivity index (χ1v) is 6.27. The van der Waals surface area contributed by atoms with Crippen LogP contribution in [0.2, 0.25) is 0 Å². The zero-order valence-corrected chi connectivity index (χ0v) is 11.2. The molecule has 5 nitrogen and oxygen atoms in total. The number of carbonyl (C=O) groups is 3. The molecule has 1 aliphatic heterocycles. The van der Waals surface area contributed by atoms with Gasteiger partial charge in [-0.3, -0.25) is 19.3 Å². The van der Waals surface area contributed by atoms with Crippen molar-refractivity contribution in [2.75, 3.05) is 6.54 Å². The fourth-order valence-electron chi connectivity index (χ4n) is 2.19. The molecule has 18 heavy (non-hydrogen) atoms. The van der Waals surface area contributed by atoms with Crippen molar-refractivity contribution < 1.29 is 19.5 Å². The van der Waals surface area contributed by atoms with Gasteiger partial charge in [-0.2, -0.15) is 0 Å². The molecule has 1 rings (SSSR count). The summed E-state index contributed by atoms with van der Waals surface area (Å²) in [6.07, 6.45) is 1.70. The van der Waals surface area contributed by atoms with Gasteiger partial charge < -0.3 is 5.11 Å². The molecule has 102 valence electrons. The van der Waals surface area contributed by atoms with E-state index in [4.69, 9.17) is 0 Å². The Kier molecular flexibility index (Phi) is 4.48.